The molecule has 0 radical (unpaired) electrons. The van der Waals surface area contributed by atoms with Crippen LogP contribution in [0.25, 0.3) is 5.69 Å². The Morgan fingerprint density at radius 2 is 2.08 bits per heavy atom. The summed E-state index contributed by atoms with van der Waals surface area (Å²) in [5, 5.41) is 17.2. The van der Waals surface area contributed by atoms with Crippen LogP contribution in [0.3, 0.4) is 0 Å². The van der Waals surface area contributed by atoms with E-state index in [4.69, 9.17) is 0 Å². The van der Waals surface area contributed by atoms with Crippen LogP contribution in [-0.2, 0) is 0 Å². The van der Waals surface area contributed by atoms with Gasteiger partial charge in [-0.1, -0.05) is 13.3 Å². The van der Waals surface area contributed by atoms with Gasteiger partial charge in [0, 0.05) is 22.7 Å². The Morgan fingerprint density at radius 3 is 2.67 bits per heavy atom. The molecule has 1 aromatic heterocycles. The summed E-state index contributed by atoms with van der Waals surface area (Å²) in [6.45, 7) is 6.12. The molecular weight excluding hydrogens is 302 g/mol. The monoisotopic (exact) mass is 327 g/mol. The van der Waals surface area contributed by atoms with Gasteiger partial charge in [-0.2, -0.15) is 5.10 Å². The third-order valence-electron chi connectivity index (χ3n) is 5.13. The normalized spacial score (nSPS) is 23.4. The number of aliphatic hydroxyl groups is 1. The molecule has 0 saturated heterocycles. The van der Waals surface area contributed by atoms with Crippen LogP contribution < -0.4 is 5.32 Å². The van der Waals surface area contributed by atoms with Crippen molar-refractivity contribution in [3.8, 4) is 5.69 Å². The number of aliphatic hydroxyl groups excluding tert-OH is 1. The zero-order valence-corrected chi connectivity index (χ0v) is 14.5. The largest absolute Gasteiger partial charge is 0.396 e. The van der Waals surface area contributed by atoms with Crippen molar-refractivity contribution in [1.82, 2.24) is 15.1 Å². The minimum Gasteiger partial charge on any atom is -0.396 e. The van der Waals surface area contributed by atoms with Crippen molar-refractivity contribution in [2.75, 3.05) is 6.61 Å². The second-order valence-electron chi connectivity index (χ2n) is 7.12. The standard InChI is InChI=1S/C19H25N3O2/c1-13-11-14(2)22(21-13)16-8-6-15(7-9-16)18(24)20-17-5-4-10-19(17,3)12-23/h6-9,11,17,23H,4-5,10,12H2,1-3H3,(H,20,24). The molecule has 0 spiro atoms. The zero-order valence-electron chi connectivity index (χ0n) is 14.5. The lowest BCUT2D eigenvalue weighted by Gasteiger charge is -2.30. The van der Waals surface area contributed by atoms with E-state index in [1.165, 1.54) is 0 Å². The SMILES string of the molecule is Cc1cc(C)n(-c2ccc(C(=O)NC3CCCC3(C)CO)cc2)n1. The molecule has 24 heavy (non-hydrogen) atoms. The van der Waals surface area contributed by atoms with Crippen molar-refractivity contribution in [2.24, 2.45) is 5.41 Å². The fraction of sp³-hybridized carbons (Fsp3) is 0.474. The van der Waals surface area contributed by atoms with Gasteiger partial charge in [-0.3, -0.25) is 4.79 Å². The predicted molar refractivity (Wildman–Crippen MR) is 93.3 cm³/mol. The highest BCUT2D eigenvalue weighted by molar-refractivity contribution is 5.94. The molecule has 2 unspecified atom stereocenters. The van der Waals surface area contributed by atoms with E-state index >= 15 is 0 Å². The molecule has 5 nitrogen and oxygen atoms in total. The van der Waals surface area contributed by atoms with Gasteiger partial charge < -0.3 is 10.4 Å². The second-order valence-corrected chi connectivity index (χ2v) is 7.12. The number of benzene rings is 1. The first kappa shape index (κ1) is 16.7. The highest BCUT2D eigenvalue weighted by atomic mass is 16.3. The quantitative estimate of drug-likeness (QED) is 0.907. The van der Waals surface area contributed by atoms with Crippen LogP contribution in [0.2, 0.25) is 0 Å². The zero-order chi connectivity index (χ0) is 17.3. The number of aryl methyl sites for hydroxylation is 2. The van der Waals surface area contributed by atoms with Crippen LogP contribution in [0.4, 0.5) is 0 Å². The molecular formula is C19H25N3O2. The maximum Gasteiger partial charge on any atom is 0.251 e. The third-order valence-corrected chi connectivity index (χ3v) is 5.13. The average molecular weight is 327 g/mol. The van der Waals surface area contributed by atoms with Gasteiger partial charge in [-0.05, 0) is 57.0 Å². The van der Waals surface area contributed by atoms with E-state index in [1.807, 2.05) is 55.8 Å². The van der Waals surface area contributed by atoms with E-state index in [2.05, 4.69) is 10.4 Å². The maximum atomic E-state index is 12.5. The van der Waals surface area contributed by atoms with Crippen molar-refractivity contribution in [3.05, 3.63) is 47.3 Å². The lowest BCUT2D eigenvalue weighted by Crippen LogP contribution is -2.44. The number of nitrogens with zero attached hydrogens (tertiary/aromatic N) is 2. The Kier molecular flexibility index (Phi) is 4.45. The van der Waals surface area contributed by atoms with E-state index in [0.717, 1.165) is 36.3 Å². The molecule has 128 valence electrons. The van der Waals surface area contributed by atoms with E-state index in [-0.39, 0.29) is 24.0 Å². The molecule has 0 aliphatic heterocycles. The summed E-state index contributed by atoms with van der Waals surface area (Å²) in [4.78, 5) is 12.5. The molecule has 2 N–H and O–H groups in total. The van der Waals surface area contributed by atoms with Gasteiger partial charge in [-0.15, -0.1) is 0 Å². The van der Waals surface area contributed by atoms with Gasteiger partial charge in [0.15, 0.2) is 0 Å². The highest BCUT2D eigenvalue weighted by Gasteiger charge is 2.39. The first-order valence-electron chi connectivity index (χ1n) is 8.48. The second kappa shape index (κ2) is 6.40. The van der Waals surface area contributed by atoms with Crippen molar-refractivity contribution in [3.63, 3.8) is 0 Å². The Bertz CT molecular complexity index is 736. The molecule has 0 bridgehead atoms. The summed E-state index contributed by atoms with van der Waals surface area (Å²) >= 11 is 0. The molecule has 2 atom stereocenters. The van der Waals surface area contributed by atoms with E-state index in [9.17, 15) is 9.90 Å². The number of carbonyl (C=O) groups excluding carboxylic acids is 1. The highest BCUT2D eigenvalue weighted by Crippen LogP contribution is 2.37. The summed E-state index contributed by atoms with van der Waals surface area (Å²) < 4.78 is 1.87. The number of aromatic nitrogens is 2. The molecule has 2 aromatic rings. The summed E-state index contributed by atoms with van der Waals surface area (Å²) in [5.41, 5.74) is 3.40. The van der Waals surface area contributed by atoms with Gasteiger partial charge in [0.1, 0.15) is 0 Å². The first-order chi connectivity index (χ1) is 11.4. The van der Waals surface area contributed by atoms with Crippen LogP contribution in [0.1, 0.15) is 47.9 Å². The van der Waals surface area contributed by atoms with Gasteiger partial charge in [0.25, 0.3) is 5.91 Å². The summed E-state index contributed by atoms with van der Waals surface area (Å²) in [6, 6.07) is 9.53. The minimum absolute atomic E-state index is 0.0330. The molecule has 1 aromatic carbocycles. The topological polar surface area (TPSA) is 67.2 Å². The maximum absolute atomic E-state index is 12.5. The number of nitrogens with one attached hydrogen (secondary N) is 1. The fourth-order valence-corrected chi connectivity index (χ4v) is 3.55. The average Bonchev–Trinajstić information content (AvgIpc) is 3.10. The van der Waals surface area contributed by atoms with Gasteiger partial charge in [0.2, 0.25) is 0 Å². The van der Waals surface area contributed by atoms with Gasteiger partial charge in [-0.25, -0.2) is 4.68 Å². The minimum atomic E-state index is -0.209. The number of rotatable bonds is 4. The fourth-order valence-electron chi connectivity index (χ4n) is 3.55. The lowest BCUT2D eigenvalue weighted by molar-refractivity contribution is 0.0830. The molecule has 1 fully saturated rings. The summed E-state index contributed by atoms with van der Waals surface area (Å²) in [7, 11) is 0. The number of hydrogen-bond acceptors (Lipinski definition) is 3. The van der Waals surface area contributed by atoms with Crippen LogP contribution in [0, 0.1) is 19.3 Å². The van der Waals surface area contributed by atoms with Gasteiger partial charge >= 0.3 is 0 Å². The van der Waals surface area contributed by atoms with Crippen LogP contribution >= 0.6 is 0 Å². The van der Waals surface area contributed by atoms with Crippen LogP contribution in [0.15, 0.2) is 30.3 Å². The first-order valence-corrected chi connectivity index (χ1v) is 8.48. The number of hydrogen-bond donors (Lipinski definition) is 2. The molecule has 1 aliphatic carbocycles. The Hall–Kier alpha value is -2.14. The third kappa shape index (κ3) is 3.08. The van der Waals surface area contributed by atoms with Crippen molar-refractivity contribution < 1.29 is 9.90 Å². The van der Waals surface area contributed by atoms with E-state index in [0.29, 0.717) is 5.56 Å². The van der Waals surface area contributed by atoms with Crippen molar-refractivity contribution in [1.29, 1.82) is 0 Å². The molecule has 1 heterocycles. The Morgan fingerprint density at radius 1 is 1.38 bits per heavy atom. The van der Waals surface area contributed by atoms with Gasteiger partial charge in [0.05, 0.1) is 18.0 Å². The van der Waals surface area contributed by atoms with Crippen LogP contribution in [0.5, 0.6) is 0 Å². The van der Waals surface area contributed by atoms with Crippen LogP contribution in [-0.4, -0.2) is 33.4 Å². The Balaban J connectivity index is 1.74. The number of amides is 1. The predicted octanol–water partition coefficient (Wildman–Crippen LogP) is 2.77. The molecule has 5 heteroatoms. The van der Waals surface area contributed by atoms with E-state index < -0.39 is 0 Å². The summed E-state index contributed by atoms with van der Waals surface area (Å²) in [6.07, 6.45) is 2.91. The smallest absolute Gasteiger partial charge is 0.251 e. The molecule has 3 rings (SSSR count). The van der Waals surface area contributed by atoms with E-state index in [1.54, 1.807) is 0 Å². The lowest BCUT2D eigenvalue weighted by atomic mass is 9.85. The molecule has 1 aliphatic rings. The molecule has 1 saturated carbocycles. The number of carbonyl (C=O) groups is 1. The van der Waals surface area contributed by atoms with Crippen molar-refractivity contribution in [2.45, 2.75) is 46.1 Å². The Labute approximate surface area is 142 Å². The van der Waals surface area contributed by atoms with Crippen molar-refractivity contribution >= 4 is 5.91 Å². The molecule has 1 amide bonds. The summed E-state index contributed by atoms with van der Waals surface area (Å²) in [5.74, 6) is -0.0820.